The minimum atomic E-state index is -0.537. The van der Waals surface area contributed by atoms with Crippen LogP contribution in [0, 0.1) is 5.82 Å². The summed E-state index contributed by atoms with van der Waals surface area (Å²) in [6, 6.07) is 8.69. The number of nitrogens with one attached hydrogen (secondary N) is 1. The van der Waals surface area contributed by atoms with Gasteiger partial charge in [0.1, 0.15) is 23.4 Å². The van der Waals surface area contributed by atoms with E-state index in [1.807, 2.05) is 30.0 Å². The number of hydrogen-bond donors (Lipinski definition) is 2. The van der Waals surface area contributed by atoms with E-state index in [9.17, 15) is 0 Å². The average Bonchev–Trinajstić information content (AvgIpc) is 3.31. The lowest BCUT2D eigenvalue weighted by Gasteiger charge is -2.48. The van der Waals surface area contributed by atoms with Crippen LogP contribution in [0.2, 0.25) is 10.0 Å². The predicted molar refractivity (Wildman–Crippen MR) is 147 cm³/mol. The molecular formula is C27H23Cl2FN8O. The van der Waals surface area contributed by atoms with Gasteiger partial charge < -0.3 is 15.4 Å². The fourth-order valence-electron chi connectivity index (χ4n) is 4.86. The summed E-state index contributed by atoms with van der Waals surface area (Å²) in [5.74, 6) is 1.04. The summed E-state index contributed by atoms with van der Waals surface area (Å²) in [5, 5.41) is 8.99. The van der Waals surface area contributed by atoms with Gasteiger partial charge in [-0.1, -0.05) is 23.2 Å². The first-order chi connectivity index (χ1) is 18.8. The zero-order valence-corrected chi connectivity index (χ0v) is 22.3. The normalized spacial score (nSPS) is 15.3. The number of ether oxygens (including phenoxy) is 1. The highest BCUT2D eigenvalue weighted by Gasteiger charge is 2.42. The number of anilines is 1. The van der Waals surface area contributed by atoms with E-state index in [1.165, 1.54) is 18.5 Å². The van der Waals surface area contributed by atoms with Crippen LogP contribution >= 0.6 is 23.2 Å². The second-order valence-electron chi connectivity index (χ2n) is 9.65. The summed E-state index contributed by atoms with van der Waals surface area (Å²) in [6.07, 6.45) is 8.10. The highest BCUT2D eigenvalue weighted by molar-refractivity contribution is 6.35. The molecule has 1 aliphatic heterocycles. The van der Waals surface area contributed by atoms with Crippen molar-refractivity contribution in [2.45, 2.75) is 25.0 Å². The number of aromatic amines is 1. The summed E-state index contributed by atoms with van der Waals surface area (Å²) < 4.78 is 21.4. The summed E-state index contributed by atoms with van der Waals surface area (Å²) in [7, 11) is 0. The largest absolute Gasteiger partial charge is 0.486 e. The fraction of sp³-hybridized carbons (Fsp3) is 0.222. The minimum Gasteiger partial charge on any atom is -0.486 e. The van der Waals surface area contributed by atoms with Crippen LogP contribution in [0.3, 0.4) is 0 Å². The molecule has 0 radical (unpaired) electrons. The van der Waals surface area contributed by atoms with Gasteiger partial charge in [0.05, 0.1) is 21.1 Å². The molecule has 4 aromatic heterocycles. The molecule has 1 aliphatic rings. The van der Waals surface area contributed by atoms with Gasteiger partial charge in [0.25, 0.3) is 0 Å². The Morgan fingerprint density at radius 2 is 1.85 bits per heavy atom. The number of H-pyrrole nitrogens is 1. The Morgan fingerprint density at radius 3 is 2.56 bits per heavy atom. The lowest BCUT2D eigenvalue weighted by molar-refractivity contribution is 0.227. The number of fused-ring (bicyclic) bond motifs is 1. The predicted octanol–water partition coefficient (Wildman–Crippen LogP) is 5.16. The van der Waals surface area contributed by atoms with Crippen molar-refractivity contribution < 1.29 is 9.13 Å². The molecule has 0 bridgehead atoms. The highest BCUT2D eigenvalue weighted by atomic mass is 35.5. The van der Waals surface area contributed by atoms with Crippen LogP contribution in [-0.4, -0.2) is 48.8 Å². The summed E-state index contributed by atoms with van der Waals surface area (Å²) in [5.41, 5.74) is 8.44. The molecule has 1 atom stereocenters. The Bertz CT molecular complexity index is 1640. The first kappa shape index (κ1) is 25.4. The van der Waals surface area contributed by atoms with Crippen molar-refractivity contribution in [2.24, 2.45) is 5.73 Å². The minimum absolute atomic E-state index is 0.248. The Kier molecular flexibility index (Phi) is 6.54. The van der Waals surface area contributed by atoms with Gasteiger partial charge in [-0.25, -0.2) is 19.3 Å². The molecule has 0 spiro atoms. The summed E-state index contributed by atoms with van der Waals surface area (Å²) in [6.45, 7) is 2.75. The van der Waals surface area contributed by atoms with Gasteiger partial charge in [0, 0.05) is 67.0 Å². The molecule has 198 valence electrons. The van der Waals surface area contributed by atoms with Crippen LogP contribution in [0.1, 0.15) is 24.4 Å². The van der Waals surface area contributed by atoms with Crippen LogP contribution in [0.5, 0.6) is 5.75 Å². The molecule has 0 amide bonds. The van der Waals surface area contributed by atoms with Crippen molar-refractivity contribution in [1.29, 1.82) is 0 Å². The number of aromatic nitrogens is 6. The van der Waals surface area contributed by atoms with Gasteiger partial charge in [0.15, 0.2) is 11.6 Å². The van der Waals surface area contributed by atoms with Crippen molar-refractivity contribution in [2.75, 3.05) is 18.0 Å². The maximum absolute atomic E-state index is 15.2. The molecule has 1 saturated heterocycles. The standard InChI is InChI=1S/C27H23Cl2FN8O/c1-15(24-19(28)11-32-12-20(24)29)39-17-3-4-22-18(8-17)25(37-36-22)16-7-21(30)26(35-10-16)38-13-27(31,14-38)9-23-33-5-2-6-34-23/h2-8,10-12,15H,9,13-14,31H2,1H3,(H,36,37)/t15-/m1/s1. The van der Waals surface area contributed by atoms with Crippen molar-refractivity contribution in [1.82, 2.24) is 30.1 Å². The van der Waals surface area contributed by atoms with Crippen LogP contribution in [-0.2, 0) is 6.42 Å². The molecule has 0 saturated carbocycles. The summed E-state index contributed by atoms with van der Waals surface area (Å²) >= 11 is 12.6. The van der Waals surface area contributed by atoms with E-state index in [-0.39, 0.29) is 5.82 Å². The molecule has 0 aliphatic carbocycles. The Morgan fingerprint density at radius 1 is 1.10 bits per heavy atom. The SMILES string of the molecule is C[C@@H](Oc1ccc2[nH]nc(-c3cnc(N4CC(N)(Cc5ncccn5)C4)c(F)c3)c2c1)c1c(Cl)cncc1Cl. The van der Waals surface area contributed by atoms with Crippen LogP contribution in [0.4, 0.5) is 10.2 Å². The van der Waals surface area contributed by atoms with E-state index in [2.05, 4.69) is 30.1 Å². The van der Waals surface area contributed by atoms with Crippen LogP contribution < -0.4 is 15.4 Å². The van der Waals surface area contributed by atoms with Gasteiger partial charge in [-0.05, 0) is 37.3 Å². The monoisotopic (exact) mass is 564 g/mol. The number of nitrogens with zero attached hydrogens (tertiary/aromatic N) is 6. The van der Waals surface area contributed by atoms with Gasteiger partial charge in [-0.3, -0.25) is 10.1 Å². The topological polar surface area (TPSA) is 119 Å². The third kappa shape index (κ3) is 4.98. The van der Waals surface area contributed by atoms with Gasteiger partial charge in [0.2, 0.25) is 0 Å². The first-order valence-electron chi connectivity index (χ1n) is 12.2. The van der Waals surface area contributed by atoms with Crippen molar-refractivity contribution in [3.63, 3.8) is 0 Å². The molecule has 6 rings (SSSR count). The molecule has 3 N–H and O–H groups in total. The second-order valence-corrected chi connectivity index (χ2v) is 10.5. The number of pyridine rings is 2. The van der Waals surface area contributed by atoms with E-state index in [0.29, 0.717) is 58.0 Å². The smallest absolute Gasteiger partial charge is 0.166 e. The first-order valence-corrected chi connectivity index (χ1v) is 12.9. The van der Waals surface area contributed by atoms with E-state index >= 15 is 4.39 Å². The fourth-order valence-corrected chi connectivity index (χ4v) is 5.54. The molecule has 1 aromatic carbocycles. The lowest BCUT2D eigenvalue weighted by atomic mass is 9.87. The summed E-state index contributed by atoms with van der Waals surface area (Å²) in [4.78, 5) is 18.7. The zero-order valence-electron chi connectivity index (χ0n) is 20.8. The van der Waals surface area contributed by atoms with Crippen molar-refractivity contribution >= 4 is 39.9 Å². The van der Waals surface area contributed by atoms with E-state index in [4.69, 9.17) is 33.7 Å². The molecule has 1 fully saturated rings. The molecule has 9 nitrogen and oxygen atoms in total. The number of halogens is 3. The molecule has 5 aromatic rings. The number of nitrogens with two attached hydrogens (primary N) is 1. The quantitative estimate of drug-likeness (QED) is 0.278. The highest BCUT2D eigenvalue weighted by Crippen LogP contribution is 2.36. The van der Waals surface area contributed by atoms with E-state index in [1.54, 1.807) is 24.7 Å². The molecule has 12 heteroatoms. The third-order valence-electron chi connectivity index (χ3n) is 6.68. The zero-order chi connectivity index (χ0) is 27.1. The van der Waals surface area contributed by atoms with Gasteiger partial charge in [-0.15, -0.1) is 0 Å². The molecular weight excluding hydrogens is 542 g/mol. The van der Waals surface area contributed by atoms with E-state index < -0.39 is 17.5 Å². The Balaban J connectivity index is 1.21. The van der Waals surface area contributed by atoms with Gasteiger partial charge >= 0.3 is 0 Å². The van der Waals surface area contributed by atoms with Crippen molar-refractivity contribution in [3.8, 4) is 17.0 Å². The maximum atomic E-state index is 15.2. The lowest BCUT2D eigenvalue weighted by Crippen LogP contribution is -2.69. The van der Waals surface area contributed by atoms with E-state index in [0.717, 1.165) is 10.9 Å². The Labute approximate surface area is 233 Å². The van der Waals surface area contributed by atoms with Crippen LogP contribution in [0.25, 0.3) is 22.2 Å². The van der Waals surface area contributed by atoms with Gasteiger partial charge in [-0.2, -0.15) is 5.10 Å². The molecule has 5 heterocycles. The second kappa shape index (κ2) is 10.0. The average molecular weight is 565 g/mol. The molecule has 39 heavy (non-hydrogen) atoms. The van der Waals surface area contributed by atoms with Crippen molar-refractivity contribution in [3.05, 3.63) is 88.6 Å². The maximum Gasteiger partial charge on any atom is 0.166 e. The number of benzene rings is 1. The number of hydrogen-bond acceptors (Lipinski definition) is 8. The third-order valence-corrected chi connectivity index (χ3v) is 7.28. The Hall–Kier alpha value is -3.86. The van der Waals surface area contributed by atoms with Crippen LogP contribution in [0.15, 0.2) is 61.3 Å². The number of rotatable bonds is 7. The molecule has 0 unspecified atom stereocenters.